The van der Waals surface area contributed by atoms with E-state index in [1.54, 1.807) is 0 Å². The van der Waals surface area contributed by atoms with Gasteiger partial charge in [-0.25, -0.2) is 0 Å². The lowest BCUT2D eigenvalue weighted by Crippen LogP contribution is -2.44. The van der Waals surface area contributed by atoms with E-state index < -0.39 is 16.6 Å². The minimum absolute atomic E-state index is 0.0391. The second kappa shape index (κ2) is 10.9. The van der Waals surface area contributed by atoms with E-state index in [0.29, 0.717) is 5.54 Å². The Morgan fingerprint density at radius 2 is 1.50 bits per heavy atom. The van der Waals surface area contributed by atoms with Crippen LogP contribution in [0.1, 0.15) is 62.3 Å². The van der Waals surface area contributed by atoms with Gasteiger partial charge in [0.2, 0.25) is 0 Å². The number of hydrogen-bond donors (Lipinski definition) is 0. The van der Waals surface area contributed by atoms with E-state index in [1.807, 2.05) is 0 Å². The highest BCUT2D eigenvalue weighted by Crippen LogP contribution is 2.38. The van der Waals surface area contributed by atoms with Crippen molar-refractivity contribution in [1.82, 2.24) is 0 Å². The quantitative estimate of drug-likeness (QED) is 0.168. The first-order valence-corrected chi connectivity index (χ1v) is 16.6. The van der Waals surface area contributed by atoms with E-state index in [0.717, 1.165) is 0 Å². The summed E-state index contributed by atoms with van der Waals surface area (Å²) in [4.78, 5) is 0. The molecule has 0 aliphatic heterocycles. The molecular weight excluding hydrogens is 467 g/mol. The van der Waals surface area contributed by atoms with Crippen molar-refractivity contribution in [2.75, 3.05) is 0 Å². The molecule has 0 rings (SSSR count). The maximum absolute atomic E-state index is 6.67. The first-order valence-electron chi connectivity index (χ1n) is 10.1. The molecular formula is C21H43IO2Si2. The predicted molar refractivity (Wildman–Crippen MR) is 131 cm³/mol. The van der Waals surface area contributed by atoms with Crippen molar-refractivity contribution in [3.8, 4) is 0 Å². The van der Waals surface area contributed by atoms with Crippen molar-refractivity contribution in [2.45, 2.75) is 110 Å². The standard InChI is InChI=1S/C21H43IO2Si2/c1-12-26(13-2,17(3)4)23-19(6)14-15-20(18(5)16-22)24-25(10,11)21(7,8)9/h14-17,19-20H,12-13H2,1-11H3/b15-14+,18-16-/t19-,20?/m1/s1. The summed E-state index contributed by atoms with van der Waals surface area (Å²) in [6, 6.07) is 2.35. The molecule has 0 heterocycles. The Morgan fingerprint density at radius 3 is 1.85 bits per heavy atom. The van der Waals surface area contributed by atoms with Gasteiger partial charge in [-0.2, -0.15) is 0 Å². The lowest BCUT2D eigenvalue weighted by molar-refractivity contribution is 0.236. The van der Waals surface area contributed by atoms with Gasteiger partial charge in [-0.05, 0) is 59.3 Å². The Labute approximate surface area is 179 Å². The summed E-state index contributed by atoms with van der Waals surface area (Å²) < 4.78 is 15.5. The highest BCUT2D eigenvalue weighted by molar-refractivity contribution is 14.1. The molecule has 26 heavy (non-hydrogen) atoms. The van der Waals surface area contributed by atoms with Gasteiger partial charge in [0, 0.05) is 0 Å². The summed E-state index contributed by atoms with van der Waals surface area (Å²) in [7, 11) is -3.49. The number of hydrogen-bond acceptors (Lipinski definition) is 2. The molecule has 0 aromatic heterocycles. The van der Waals surface area contributed by atoms with Crippen molar-refractivity contribution in [1.29, 1.82) is 0 Å². The average molecular weight is 511 g/mol. The van der Waals surface area contributed by atoms with Gasteiger partial charge in [-0.15, -0.1) is 0 Å². The van der Waals surface area contributed by atoms with Gasteiger partial charge in [0.15, 0.2) is 16.6 Å². The lowest BCUT2D eigenvalue weighted by Gasteiger charge is -2.39. The first kappa shape index (κ1) is 26.6. The summed E-state index contributed by atoms with van der Waals surface area (Å²) in [5.41, 5.74) is 1.90. The second-order valence-corrected chi connectivity index (χ2v) is 19.6. The zero-order valence-corrected chi connectivity index (χ0v) is 23.2. The smallest absolute Gasteiger partial charge is 0.195 e. The molecule has 0 aliphatic carbocycles. The van der Waals surface area contributed by atoms with Crippen LogP contribution in [0.5, 0.6) is 0 Å². The van der Waals surface area contributed by atoms with Gasteiger partial charge in [-0.3, -0.25) is 0 Å². The van der Waals surface area contributed by atoms with Crippen molar-refractivity contribution >= 4 is 39.2 Å². The molecule has 0 aromatic rings. The third kappa shape index (κ3) is 7.53. The zero-order chi connectivity index (χ0) is 20.8. The molecule has 5 heteroatoms. The third-order valence-corrected chi connectivity index (χ3v) is 16.9. The van der Waals surface area contributed by atoms with E-state index in [-0.39, 0.29) is 17.2 Å². The second-order valence-electron chi connectivity index (χ2n) is 9.29. The Balaban J connectivity index is 5.36. The third-order valence-electron chi connectivity index (χ3n) is 6.08. The fourth-order valence-electron chi connectivity index (χ4n) is 2.88. The Bertz CT molecular complexity index is 475. The highest BCUT2D eigenvalue weighted by atomic mass is 127. The molecule has 0 radical (unpaired) electrons. The predicted octanol–water partition coefficient (Wildman–Crippen LogP) is 8.07. The van der Waals surface area contributed by atoms with Crippen LogP contribution < -0.4 is 0 Å². The van der Waals surface area contributed by atoms with Gasteiger partial charge in [0.25, 0.3) is 0 Å². The van der Waals surface area contributed by atoms with Gasteiger partial charge >= 0.3 is 0 Å². The van der Waals surface area contributed by atoms with Crippen molar-refractivity contribution < 1.29 is 8.85 Å². The largest absolute Gasteiger partial charge is 0.411 e. The molecule has 0 aliphatic rings. The average Bonchev–Trinajstić information content (AvgIpc) is 2.54. The van der Waals surface area contributed by atoms with E-state index in [4.69, 9.17) is 8.85 Å². The van der Waals surface area contributed by atoms with E-state index >= 15 is 0 Å². The molecule has 1 unspecified atom stereocenters. The summed E-state index contributed by atoms with van der Waals surface area (Å²) in [5.74, 6) is 0. The van der Waals surface area contributed by atoms with Crippen molar-refractivity contribution in [3.63, 3.8) is 0 Å². The number of rotatable bonds is 10. The molecule has 154 valence electrons. The monoisotopic (exact) mass is 510 g/mol. The first-order chi connectivity index (χ1) is 11.8. The topological polar surface area (TPSA) is 18.5 Å². The molecule has 2 atom stereocenters. The minimum Gasteiger partial charge on any atom is -0.411 e. The zero-order valence-electron chi connectivity index (χ0n) is 19.1. The minimum atomic E-state index is -1.83. The normalized spacial score (nSPS) is 17.2. The van der Waals surface area contributed by atoms with E-state index in [1.165, 1.54) is 17.7 Å². The van der Waals surface area contributed by atoms with Crippen LogP contribution in [-0.2, 0) is 8.85 Å². The molecule has 2 nitrogen and oxygen atoms in total. The summed E-state index contributed by atoms with van der Waals surface area (Å²) in [6.45, 7) is 25.1. The Kier molecular flexibility index (Phi) is 11.2. The van der Waals surface area contributed by atoms with Crippen molar-refractivity contribution in [2.24, 2.45) is 0 Å². The van der Waals surface area contributed by atoms with Crippen molar-refractivity contribution in [3.05, 3.63) is 21.8 Å². The van der Waals surface area contributed by atoms with Crippen LogP contribution in [0.2, 0.25) is 35.8 Å². The SMILES string of the molecule is CC[Si](CC)(O[C@H](C)/C=C/C(O[Si](C)(C)C(C)(C)C)/C(C)=C\I)C(C)C. The van der Waals surface area contributed by atoms with Crippen LogP contribution >= 0.6 is 22.6 Å². The van der Waals surface area contributed by atoms with Gasteiger partial charge in [0.1, 0.15) is 0 Å². The van der Waals surface area contributed by atoms with Gasteiger partial charge in [-0.1, -0.05) is 83.2 Å². The summed E-state index contributed by atoms with van der Waals surface area (Å²) in [6.07, 6.45) is 4.62. The Hall–Kier alpha value is 0.564. The fourth-order valence-corrected chi connectivity index (χ4v) is 8.04. The van der Waals surface area contributed by atoms with Crippen LogP contribution in [0.4, 0.5) is 0 Å². The summed E-state index contributed by atoms with van der Waals surface area (Å²) >= 11 is 2.32. The van der Waals surface area contributed by atoms with Crippen LogP contribution in [0.15, 0.2) is 21.8 Å². The highest BCUT2D eigenvalue weighted by Gasteiger charge is 2.39. The molecule has 0 bridgehead atoms. The Morgan fingerprint density at radius 1 is 1.00 bits per heavy atom. The molecule has 0 saturated heterocycles. The maximum Gasteiger partial charge on any atom is 0.195 e. The van der Waals surface area contributed by atoms with Crippen LogP contribution in [-0.4, -0.2) is 28.8 Å². The van der Waals surface area contributed by atoms with E-state index in [2.05, 4.69) is 114 Å². The maximum atomic E-state index is 6.67. The van der Waals surface area contributed by atoms with Gasteiger partial charge in [0.05, 0.1) is 12.2 Å². The van der Waals surface area contributed by atoms with Crippen LogP contribution in [0.3, 0.4) is 0 Å². The van der Waals surface area contributed by atoms with E-state index in [9.17, 15) is 0 Å². The fraction of sp³-hybridized carbons (Fsp3) is 0.810. The summed E-state index contributed by atoms with van der Waals surface area (Å²) in [5, 5.41) is 0.205. The molecule has 0 saturated carbocycles. The molecule has 0 amide bonds. The van der Waals surface area contributed by atoms with Crippen LogP contribution in [0, 0.1) is 0 Å². The van der Waals surface area contributed by atoms with Crippen LogP contribution in [0.25, 0.3) is 0 Å². The molecule has 0 N–H and O–H groups in total. The lowest BCUT2D eigenvalue weighted by atomic mass is 10.2. The number of halogens is 1. The van der Waals surface area contributed by atoms with Gasteiger partial charge < -0.3 is 8.85 Å². The molecule has 0 spiro atoms. The molecule has 0 aromatic carbocycles. The molecule has 0 fully saturated rings.